The average molecular weight is 201 g/mol. The summed E-state index contributed by atoms with van der Waals surface area (Å²) in [5.41, 5.74) is 0. The van der Waals surface area contributed by atoms with Crippen molar-refractivity contribution in [2.75, 3.05) is 27.3 Å². The van der Waals surface area contributed by atoms with Gasteiger partial charge >= 0.3 is 0 Å². The van der Waals surface area contributed by atoms with Gasteiger partial charge < -0.3 is 9.64 Å². The van der Waals surface area contributed by atoms with Gasteiger partial charge in [0, 0.05) is 27.1 Å². The van der Waals surface area contributed by atoms with Gasteiger partial charge in [0.25, 0.3) is 0 Å². The van der Waals surface area contributed by atoms with E-state index in [1.165, 1.54) is 0 Å². The molecule has 14 heavy (non-hydrogen) atoms. The monoisotopic (exact) mass is 201 g/mol. The predicted octanol–water partition coefficient (Wildman–Crippen LogP) is 1.77. The van der Waals surface area contributed by atoms with Gasteiger partial charge in [0.05, 0.1) is 6.61 Å². The van der Waals surface area contributed by atoms with Crippen LogP contribution in [0, 0.1) is 11.8 Å². The number of hydrogen-bond acceptors (Lipinski definition) is 2. The Bertz CT molecular complexity index is 169. The van der Waals surface area contributed by atoms with Crippen LogP contribution in [0.5, 0.6) is 0 Å². The fourth-order valence-corrected chi connectivity index (χ4v) is 1.02. The first-order chi connectivity index (χ1) is 6.49. The third kappa shape index (κ3) is 5.22. The molecule has 0 aromatic rings. The Morgan fingerprint density at radius 2 is 1.93 bits per heavy atom. The van der Waals surface area contributed by atoms with Crippen molar-refractivity contribution >= 4 is 5.91 Å². The summed E-state index contributed by atoms with van der Waals surface area (Å²) in [6.45, 7) is 7.70. The molecule has 0 fully saturated rings. The number of methoxy groups -OCH3 is 1. The molecule has 0 aromatic heterocycles. The molecule has 0 N–H and O–H groups in total. The van der Waals surface area contributed by atoms with Gasteiger partial charge in [-0.1, -0.05) is 20.8 Å². The maximum atomic E-state index is 11.6. The molecule has 0 aliphatic rings. The quantitative estimate of drug-likeness (QED) is 0.655. The van der Waals surface area contributed by atoms with Crippen molar-refractivity contribution in [3.63, 3.8) is 0 Å². The second kappa shape index (κ2) is 6.82. The standard InChI is InChI=1S/C11H23NO2/c1-9(2)10(3)8-11(13)12(4)6-7-14-5/h9-10H,6-8H2,1-5H3. The summed E-state index contributed by atoms with van der Waals surface area (Å²) in [6, 6.07) is 0. The summed E-state index contributed by atoms with van der Waals surface area (Å²) < 4.78 is 4.92. The average Bonchev–Trinajstić information content (AvgIpc) is 2.13. The van der Waals surface area contributed by atoms with Crippen molar-refractivity contribution in [1.29, 1.82) is 0 Å². The molecular weight excluding hydrogens is 178 g/mol. The number of rotatable bonds is 6. The van der Waals surface area contributed by atoms with Crippen LogP contribution in [0.1, 0.15) is 27.2 Å². The van der Waals surface area contributed by atoms with Crippen molar-refractivity contribution in [1.82, 2.24) is 4.90 Å². The predicted molar refractivity (Wildman–Crippen MR) is 58.1 cm³/mol. The van der Waals surface area contributed by atoms with E-state index in [1.807, 2.05) is 7.05 Å². The number of amides is 1. The Kier molecular flexibility index (Phi) is 6.54. The van der Waals surface area contributed by atoms with Gasteiger partial charge in [-0.3, -0.25) is 4.79 Å². The zero-order valence-electron chi connectivity index (χ0n) is 10.0. The van der Waals surface area contributed by atoms with E-state index in [0.717, 1.165) is 0 Å². The summed E-state index contributed by atoms with van der Waals surface area (Å²) in [5.74, 6) is 1.23. The van der Waals surface area contributed by atoms with Crippen molar-refractivity contribution in [2.24, 2.45) is 11.8 Å². The molecule has 84 valence electrons. The molecule has 0 heterocycles. The van der Waals surface area contributed by atoms with Gasteiger partial charge in [-0.2, -0.15) is 0 Å². The van der Waals surface area contributed by atoms with E-state index in [-0.39, 0.29) is 5.91 Å². The highest BCUT2D eigenvalue weighted by molar-refractivity contribution is 5.76. The molecule has 0 radical (unpaired) electrons. The smallest absolute Gasteiger partial charge is 0.222 e. The van der Waals surface area contributed by atoms with Crippen LogP contribution in [0.2, 0.25) is 0 Å². The molecule has 1 amide bonds. The van der Waals surface area contributed by atoms with E-state index in [4.69, 9.17) is 4.74 Å². The fraction of sp³-hybridized carbons (Fsp3) is 0.909. The molecule has 0 aromatic carbocycles. The number of nitrogens with zero attached hydrogens (tertiary/aromatic N) is 1. The summed E-state index contributed by atoms with van der Waals surface area (Å²) in [7, 11) is 3.48. The van der Waals surface area contributed by atoms with Gasteiger partial charge in [-0.05, 0) is 11.8 Å². The van der Waals surface area contributed by atoms with Crippen molar-refractivity contribution in [2.45, 2.75) is 27.2 Å². The van der Waals surface area contributed by atoms with Crippen LogP contribution in [-0.4, -0.2) is 38.1 Å². The summed E-state index contributed by atoms with van der Waals surface area (Å²) in [5, 5.41) is 0. The molecule has 3 nitrogen and oxygen atoms in total. The third-order valence-corrected chi connectivity index (χ3v) is 2.69. The van der Waals surface area contributed by atoms with Gasteiger partial charge in [-0.15, -0.1) is 0 Å². The Hall–Kier alpha value is -0.570. The first-order valence-corrected chi connectivity index (χ1v) is 5.22. The van der Waals surface area contributed by atoms with Gasteiger partial charge in [0.2, 0.25) is 5.91 Å². The fourth-order valence-electron chi connectivity index (χ4n) is 1.02. The lowest BCUT2D eigenvalue weighted by Gasteiger charge is -2.20. The van der Waals surface area contributed by atoms with E-state index < -0.39 is 0 Å². The van der Waals surface area contributed by atoms with E-state index in [2.05, 4.69) is 20.8 Å². The van der Waals surface area contributed by atoms with Crippen molar-refractivity contribution in [3.05, 3.63) is 0 Å². The van der Waals surface area contributed by atoms with Crippen LogP contribution in [0.3, 0.4) is 0 Å². The molecule has 0 rings (SSSR count). The Balaban J connectivity index is 3.82. The molecule has 0 aliphatic heterocycles. The zero-order valence-corrected chi connectivity index (χ0v) is 10.0. The third-order valence-electron chi connectivity index (χ3n) is 2.69. The molecule has 0 saturated heterocycles. The van der Waals surface area contributed by atoms with Crippen molar-refractivity contribution < 1.29 is 9.53 Å². The second-order valence-electron chi connectivity index (χ2n) is 4.23. The molecule has 0 saturated carbocycles. The number of ether oxygens (including phenoxy) is 1. The summed E-state index contributed by atoms with van der Waals surface area (Å²) >= 11 is 0. The van der Waals surface area contributed by atoms with Gasteiger partial charge in [0.1, 0.15) is 0 Å². The lowest BCUT2D eigenvalue weighted by Crippen LogP contribution is -2.31. The first kappa shape index (κ1) is 13.4. The zero-order chi connectivity index (χ0) is 11.1. The maximum Gasteiger partial charge on any atom is 0.222 e. The number of hydrogen-bond donors (Lipinski definition) is 0. The van der Waals surface area contributed by atoms with Gasteiger partial charge in [0.15, 0.2) is 0 Å². The van der Waals surface area contributed by atoms with E-state index in [9.17, 15) is 4.79 Å². The Labute approximate surface area is 87.4 Å². The van der Waals surface area contributed by atoms with Crippen LogP contribution >= 0.6 is 0 Å². The van der Waals surface area contributed by atoms with Crippen molar-refractivity contribution in [3.8, 4) is 0 Å². The molecular formula is C11H23NO2. The molecule has 0 bridgehead atoms. The van der Waals surface area contributed by atoms with E-state index >= 15 is 0 Å². The molecule has 3 heteroatoms. The van der Waals surface area contributed by atoms with Crippen LogP contribution in [0.4, 0.5) is 0 Å². The minimum Gasteiger partial charge on any atom is -0.383 e. The lowest BCUT2D eigenvalue weighted by atomic mass is 9.94. The normalized spacial score (nSPS) is 13.0. The van der Waals surface area contributed by atoms with Gasteiger partial charge in [-0.25, -0.2) is 0 Å². The number of carbonyl (C=O) groups is 1. The highest BCUT2D eigenvalue weighted by Crippen LogP contribution is 2.14. The molecule has 1 unspecified atom stereocenters. The van der Waals surface area contributed by atoms with Crippen LogP contribution in [0.15, 0.2) is 0 Å². The molecule has 1 atom stereocenters. The summed E-state index contributed by atoms with van der Waals surface area (Å²) in [6.07, 6.45) is 0.637. The SMILES string of the molecule is COCCN(C)C(=O)CC(C)C(C)C. The van der Waals surface area contributed by atoms with Crippen LogP contribution < -0.4 is 0 Å². The van der Waals surface area contributed by atoms with Crippen LogP contribution in [0.25, 0.3) is 0 Å². The molecule has 0 aliphatic carbocycles. The topological polar surface area (TPSA) is 29.5 Å². The highest BCUT2D eigenvalue weighted by atomic mass is 16.5. The van der Waals surface area contributed by atoms with Crippen LogP contribution in [-0.2, 0) is 9.53 Å². The molecule has 0 spiro atoms. The highest BCUT2D eigenvalue weighted by Gasteiger charge is 2.15. The minimum absolute atomic E-state index is 0.211. The van der Waals surface area contributed by atoms with E-state index in [1.54, 1.807) is 12.0 Å². The number of likely N-dealkylation sites (N-methyl/N-ethyl adjacent to an activating group) is 1. The second-order valence-corrected chi connectivity index (χ2v) is 4.23. The Morgan fingerprint density at radius 1 is 1.36 bits per heavy atom. The van der Waals surface area contributed by atoms with E-state index in [0.29, 0.717) is 31.4 Å². The lowest BCUT2D eigenvalue weighted by molar-refractivity contribution is -0.131. The largest absolute Gasteiger partial charge is 0.383 e. The minimum atomic E-state index is 0.211. The maximum absolute atomic E-state index is 11.6. The summed E-state index contributed by atoms with van der Waals surface area (Å²) in [4.78, 5) is 13.4. The first-order valence-electron chi connectivity index (χ1n) is 5.22. The Morgan fingerprint density at radius 3 is 2.36 bits per heavy atom. The number of carbonyl (C=O) groups excluding carboxylic acids is 1.